The van der Waals surface area contributed by atoms with Gasteiger partial charge in [-0.25, -0.2) is 4.79 Å². The molecule has 1 aromatic carbocycles. The van der Waals surface area contributed by atoms with Crippen molar-refractivity contribution < 1.29 is 24.2 Å². The summed E-state index contributed by atoms with van der Waals surface area (Å²) in [5.74, 6) is -0.979. The molecule has 0 atom stereocenters. The van der Waals surface area contributed by atoms with Gasteiger partial charge in [0.15, 0.2) is 11.5 Å². The van der Waals surface area contributed by atoms with Crippen molar-refractivity contribution >= 4 is 11.8 Å². The van der Waals surface area contributed by atoms with Crippen LogP contribution in [0, 0.1) is 0 Å². The Hall–Kier alpha value is -2.04. The highest BCUT2D eigenvalue weighted by atomic mass is 16.5. The number of ketones is 1. The number of rotatable bonds is 7. The van der Waals surface area contributed by atoms with Gasteiger partial charge in [0.25, 0.3) is 0 Å². The van der Waals surface area contributed by atoms with Crippen molar-refractivity contribution in [3.63, 3.8) is 0 Å². The Bertz CT molecular complexity index is 465. The molecule has 5 heteroatoms. The minimum Gasteiger partial charge on any atom is -0.493 e. The second kappa shape index (κ2) is 6.78. The van der Waals surface area contributed by atoms with Gasteiger partial charge in [0, 0.05) is 6.42 Å². The maximum absolute atomic E-state index is 11.0. The van der Waals surface area contributed by atoms with E-state index in [4.69, 9.17) is 14.6 Å². The third kappa shape index (κ3) is 4.62. The highest BCUT2D eigenvalue weighted by Crippen LogP contribution is 2.29. The number of carbonyl (C=O) groups is 2. The van der Waals surface area contributed by atoms with Crippen molar-refractivity contribution in [3.8, 4) is 11.5 Å². The summed E-state index contributed by atoms with van der Waals surface area (Å²) >= 11 is 0. The van der Waals surface area contributed by atoms with E-state index in [0.29, 0.717) is 17.9 Å². The minimum absolute atomic E-state index is 0.0249. The summed E-state index contributed by atoms with van der Waals surface area (Å²) in [6.45, 7) is 3.83. The molecule has 0 bridgehead atoms. The van der Waals surface area contributed by atoms with Crippen LogP contribution in [0.3, 0.4) is 0 Å². The predicted octanol–water partition coefficient (Wildman–Crippen LogP) is 2.07. The number of Topliss-reactive ketones (excluding diaryl/α,β-unsaturated/α-hetero) is 1. The fraction of sp³-hybridized carbons (Fsp3) is 0.429. The zero-order valence-electron chi connectivity index (χ0n) is 11.3. The molecular weight excluding hydrogens is 248 g/mol. The van der Waals surface area contributed by atoms with E-state index in [1.807, 2.05) is 13.8 Å². The van der Waals surface area contributed by atoms with E-state index in [9.17, 15) is 9.59 Å². The fourth-order valence-electron chi connectivity index (χ4n) is 1.58. The number of aryl methyl sites for hydroxylation is 1. The lowest BCUT2D eigenvalue weighted by Crippen LogP contribution is -2.13. The molecule has 0 aliphatic rings. The number of benzene rings is 1. The minimum atomic E-state index is -1.40. The third-order valence-electron chi connectivity index (χ3n) is 2.47. The Morgan fingerprint density at radius 3 is 2.47 bits per heavy atom. The van der Waals surface area contributed by atoms with Crippen LogP contribution in [-0.4, -0.2) is 30.1 Å². The largest absolute Gasteiger partial charge is 0.493 e. The summed E-state index contributed by atoms with van der Waals surface area (Å²) in [5, 5.41) is 8.51. The van der Waals surface area contributed by atoms with Crippen molar-refractivity contribution in [2.45, 2.75) is 32.8 Å². The number of ether oxygens (including phenoxy) is 2. The van der Waals surface area contributed by atoms with Crippen LogP contribution in [0.5, 0.6) is 11.5 Å². The second-order valence-electron chi connectivity index (χ2n) is 4.38. The van der Waals surface area contributed by atoms with Crippen molar-refractivity contribution in [2.24, 2.45) is 0 Å². The Labute approximate surface area is 112 Å². The van der Waals surface area contributed by atoms with Gasteiger partial charge >= 0.3 is 5.97 Å². The molecule has 0 radical (unpaired) electrons. The first-order valence-electron chi connectivity index (χ1n) is 6.03. The molecule has 5 nitrogen and oxygen atoms in total. The Balaban J connectivity index is 2.76. The first-order valence-corrected chi connectivity index (χ1v) is 6.03. The number of hydrogen-bond acceptors (Lipinski definition) is 4. The first-order chi connectivity index (χ1) is 8.93. The summed E-state index contributed by atoms with van der Waals surface area (Å²) in [7, 11) is 1.54. The lowest BCUT2D eigenvalue weighted by atomic mass is 10.1. The van der Waals surface area contributed by atoms with Crippen molar-refractivity contribution in [1.29, 1.82) is 0 Å². The van der Waals surface area contributed by atoms with Crippen LogP contribution in [0.1, 0.15) is 25.8 Å². The molecule has 0 unspecified atom stereocenters. The van der Waals surface area contributed by atoms with E-state index < -0.39 is 11.8 Å². The zero-order valence-corrected chi connectivity index (χ0v) is 11.3. The molecule has 0 fully saturated rings. The average molecular weight is 266 g/mol. The summed E-state index contributed by atoms with van der Waals surface area (Å²) in [4.78, 5) is 21.5. The van der Waals surface area contributed by atoms with E-state index in [2.05, 4.69) is 0 Å². The smallest absolute Gasteiger partial charge is 0.372 e. The van der Waals surface area contributed by atoms with Gasteiger partial charge in [-0.2, -0.15) is 0 Å². The topological polar surface area (TPSA) is 72.8 Å². The molecule has 0 saturated heterocycles. The van der Waals surface area contributed by atoms with Crippen LogP contribution in [0.2, 0.25) is 0 Å². The molecule has 1 rings (SSSR count). The molecule has 104 valence electrons. The first kappa shape index (κ1) is 15.0. The van der Waals surface area contributed by atoms with E-state index in [0.717, 1.165) is 5.56 Å². The molecule has 0 aromatic heterocycles. The summed E-state index contributed by atoms with van der Waals surface area (Å²) in [6, 6.07) is 5.32. The van der Waals surface area contributed by atoms with Crippen LogP contribution in [-0.2, 0) is 16.0 Å². The van der Waals surface area contributed by atoms with E-state index >= 15 is 0 Å². The average Bonchev–Trinajstić information content (AvgIpc) is 2.36. The third-order valence-corrected chi connectivity index (χ3v) is 2.47. The van der Waals surface area contributed by atoms with Gasteiger partial charge < -0.3 is 14.6 Å². The molecule has 0 heterocycles. The SMILES string of the molecule is COc1cc(CCC(=O)C(=O)O)ccc1OC(C)C. The molecule has 0 amide bonds. The van der Waals surface area contributed by atoms with Crippen LogP contribution in [0.15, 0.2) is 18.2 Å². The number of carboxylic acids is 1. The Kier molecular flexibility index (Phi) is 5.36. The summed E-state index contributed by atoms with van der Waals surface area (Å²) in [5.41, 5.74) is 0.836. The quantitative estimate of drug-likeness (QED) is 0.765. The molecule has 0 spiro atoms. The van der Waals surface area contributed by atoms with Gasteiger partial charge in [0.1, 0.15) is 0 Å². The lowest BCUT2D eigenvalue weighted by Gasteiger charge is -2.14. The van der Waals surface area contributed by atoms with Crippen LogP contribution >= 0.6 is 0 Å². The van der Waals surface area contributed by atoms with Gasteiger partial charge in [0.2, 0.25) is 5.78 Å². The normalized spacial score (nSPS) is 10.3. The highest BCUT2D eigenvalue weighted by Gasteiger charge is 2.12. The number of aliphatic carboxylic acids is 1. The lowest BCUT2D eigenvalue weighted by molar-refractivity contribution is -0.149. The molecule has 19 heavy (non-hydrogen) atoms. The number of carbonyl (C=O) groups excluding carboxylic acids is 1. The molecule has 0 aliphatic carbocycles. The summed E-state index contributed by atoms with van der Waals surface area (Å²) in [6.07, 6.45) is 0.375. The fourth-order valence-corrected chi connectivity index (χ4v) is 1.58. The second-order valence-corrected chi connectivity index (χ2v) is 4.38. The molecular formula is C14H18O5. The van der Waals surface area contributed by atoms with E-state index in [1.54, 1.807) is 18.2 Å². The molecule has 0 aliphatic heterocycles. The predicted molar refractivity (Wildman–Crippen MR) is 69.7 cm³/mol. The van der Waals surface area contributed by atoms with Crippen molar-refractivity contribution in [2.75, 3.05) is 7.11 Å². The van der Waals surface area contributed by atoms with E-state index in [-0.39, 0.29) is 12.5 Å². The highest BCUT2D eigenvalue weighted by molar-refractivity contribution is 6.32. The molecule has 1 N–H and O–H groups in total. The van der Waals surface area contributed by atoms with Crippen molar-refractivity contribution in [1.82, 2.24) is 0 Å². The van der Waals surface area contributed by atoms with Crippen LogP contribution in [0.25, 0.3) is 0 Å². The zero-order chi connectivity index (χ0) is 14.4. The number of hydrogen-bond donors (Lipinski definition) is 1. The molecule has 0 saturated carbocycles. The van der Waals surface area contributed by atoms with Gasteiger partial charge in [-0.05, 0) is 38.0 Å². The number of carboxylic acid groups (broad SMARTS) is 1. The van der Waals surface area contributed by atoms with Gasteiger partial charge in [-0.15, -0.1) is 0 Å². The number of methoxy groups -OCH3 is 1. The maximum atomic E-state index is 11.0. The van der Waals surface area contributed by atoms with Crippen molar-refractivity contribution in [3.05, 3.63) is 23.8 Å². The Morgan fingerprint density at radius 2 is 1.95 bits per heavy atom. The van der Waals surface area contributed by atoms with Gasteiger partial charge in [0.05, 0.1) is 13.2 Å². The van der Waals surface area contributed by atoms with Crippen LogP contribution < -0.4 is 9.47 Å². The summed E-state index contributed by atoms with van der Waals surface area (Å²) < 4.78 is 10.8. The van der Waals surface area contributed by atoms with Gasteiger partial charge in [-0.3, -0.25) is 4.79 Å². The standard InChI is InChI=1S/C14H18O5/c1-9(2)19-12-7-5-10(8-13(12)18-3)4-6-11(15)14(16)17/h5,7-9H,4,6H2,1-3H3,(H,16,17). The van der Waals surface area contributed by atoms with Gasteiger partial charge in [-0.1, -0.05) is 6.07 Å². The maximum Gasteiger partial charge on any atom is 0.372 e. The Morgan fingerprint density at radius 1 is 1.26 bits per heavy atom. The van der Waals surface area contributed by atoms with E-state index in [1.165, 1.54) is 7.11 Å². The molecule has 1 aromatic rings. The van der Waals surface area contributed by atoms with Crippen LogP contribution in [0.4, 0.5) is 0 Å². The monoisotopic (exact) mass is 266 g/mol.